The van der Waals surface area contributed by atoms with Crippen LogP contribution in [0.5, 0.6) is 5.75 Å². The van der Waals surface area contributed by atoms with Gasteiger partial charge in [0.15, 0.2) is 0 Å². The van der Waals surface area contributed by atoms with E-state index < -0.39 is 22.1 Å². The number of hydrogen-bond donors (Lipinski definition) is 1. The molecule has 0 spiro atoms. The zero-order valence-corrected chi connectivity index (χ0v) is 10.7. The normalized spacial score (nSPS) is 10.1. The van der Waals surface area contributed by atoms with Gasteiger partial charge in [0.1, 0.15) is 23.7 Å². The summed E-state index contributed by atoms with van der Waals surface area (Å²) in [5.74, 6) is -1.60. The van der Waals surface area contributed by atoms with Gasteiger partial charge in [-0.3, -0.25) is 10.1 Å². The first-order chi connectivity index (χ1) is 9.97. The van der Waals surface area contributed by atoms with E-state index in [1.807, 2.05) is 0 Å². The number of halogens is 1. The summed E-state index contributed by atoms with van der Waals surface area (Å²) in [5.41, 5.74) is -0.264. The number of nitro groups is 1. The molecule has 0 heterocycles. The van der Waals surface area contributed by atoms with Gasteiger partial charge in [-0.1, -0.05) is 12.1 Å². The largest absolute Gasteiger partial charge is 0.489 e. The molecule has 1 N–H and O–H groups in total. The highest BCUT2D eigenvalue weighted by molar-refractivity contribution is 5.92. The van der Waals surface area contributed by atoms with Crippen molar-refractivity contribution in [3.05, 3.63) is 69.5 Å². The van der Waals surface area contributed by atoms with Crippen molar-refractivity contribution in [2.24, 2.45) is 0 Å². The Morgan fingerprint density at radius 1 is 1.24 bits per heavy atom. The van der Waals surface area contributed by atoms with Gasteiger partial charge in [-0.2, -0.15) is 0 Å². The van der Waals surface area contributed by atoms with Gasteiger partial charge in [-0.05, 0) is 23.8 Å². The summed E-state index contributed by atoms with van der Waals surface area (Å²) in [7, 11) is 0. The van der Waals surface area contributed by atoms with E-state index in [-0.39, 0.29) is 18.2 Å². The number of nitro benzene ring substituents is 1. The van der Waals surface area contributed by atoms with Crippen LogP contribution < -0.4 is 4.74 Å². The maximum atomic E-state index is 12.7. The van der Waals surface area contributed by atoms with Crippen LogP contribution in [0.1, 0.15) is 15.9 Å². The first-order valence-corrected chi connectivity index (χ1v) is 5.86. The molecule has 7 heteroatoms. The Hall–Kier alpha value is -2.96. The van der Waals surface area contributed by atoms with Crippen molar-refractivity contribution in [2.45, 2.75) is 6.61 Å². The first kappa shape index (κ1) is 14.4. The van der Waals surface area contributed by atoms with Crippen LogP contribution in [0.25, 0.3) is 0 Å². The van der Waals surface area contributed by atoms with Crippen LogP contribution in [0.2, 0.25) is 0 Å². The molecule has 0 saturated carbocycles. The molecule has 2 rings (SSSR count). The first-order valence-electron chi connectivity index (χ1n) is 5.86. The molecule has 108 valence electrons. The zero-order chi connectivity index (χ0) is 15.4. The summed E-state index contributed by atoms with van der Waals surface area (Å²) in [6, 6.07) is 9.08. The second-order valence-electron chi connectivity index (χ2n) is 4.16. The third-order valence-corrected chi connectivity index (χ3v) is 2.71. The minimum atomic E-state index is -1.41. The van der Waals surface area contributed by atoms with E-state index >= 15 is 0 Å². The van der Waals surface area contributed by atoms with Crippen LogP contribution in [0, 0.1) is 15.9 Å². The second-order valence-corrected chi connectivity index (χ2v) is 4.16. The predicted octanol–water partition coefficient (Wildman–Crippen LogP) is 3.01. The Balaban J connectivity index is 2.17. The minimum absolute atomic E-state index is 0.0944. The smallest absolute Gasteiger partial charge is 0.342 e. The SMILES string of the molecule is O=C(O)c1cc(OCc2ccc(F)cc2)ccc1[N+](=O)[O-]. The lowest BCUT2D eigenvalue weighted by molar-refractivity contribution is -0.385. The second kappa shape index (κ2) is 6.00. The average molecular weight is 291 g/mol. The molecule has 0 amide bonds. The molecule has 0 bridgehead atoms. The zero-order valence-electron chi connectivity index (χ0n) is 10.7. The van der Waals surface area contributed by atoms with Crippen molar-refractivity contribution in [1.29, 1.82) is 0 Å². The monoisotopic (exact) mass is 291 g/mol. The Morgan fingerprint density at radius 3 is 2.48 bits per heavy atom. The Labute approximate surface area is 118 Å². The van der Waals surface area contributed by atoms with Crippen molar-refractivity contribution in [3.8, 4) is 5.75 Å². The number of nitrogens with zero attached hydrogens (tertiary/aromatic N) is 1. The topological polar surface area (TPSA) is 89.7 Å². The van der Waals surface area contributed by atoms with Crippen LogP contribution in [0.4, 0.5) is 10.1 Å². The molecular formula is C14H10FNO5. The molecule has 0 atom stereocenters. The molecule has 0 aliphatic heterocycles. The van der Waals surface area contributed by atoms with E-state index in [0.29, 0.717) is 5.56 Å². The molecule has 0 aliphatic carbocycles. The summed E-state index contributed by atoms with van der Waals surface area (Å²) in [4.78, 5) is 20.9. The number of rotatable bonds is 5. The molecule has 0 aromatic heterocycles. The number of benzene rings is 2. The molecule has 0 fully saturated rings. The van der Waals surface area contributed by atoms with Crippen LogP contribution in [0.15, 0.2) is 42.5 Å². The van der Waals surface area contributed by atoms with Crippen molar-refractivity contribution in [3.63, 3.8) is 0 Å². The Morgan fingerprint density at radius 2 is 1.90 bits per heavy atom. The van der Waals surface area contributed by atoms with Gasteiger partial charge in [0.25, 0.3) is 5.69 Å². The maximum Gasteiger partial charge on any atom is 0.342 e. The molecule has 2 aromatic carbocycles. The molecule has 21 heavy (non-hydrogen) atoms. The van der Waals surface area contributed by atoms with E-state index in [1.165, 1.54) is 30.3 Å². The summed E-state index contributed by atoms with van der Waals surface area (Å²) < 4.78 is 18.1. The summed E-state index contributed by atoms with van der Waals surface area (Å²) in [6.45, 7) is 0.0944. The molecule has 0 aliphatic rings. The third-order valence-electron chi connectivity index (χ3n) is 2.71. The Kier molecular flexibility index (Phi) is 4.13. The van der Waals surface area contributed by atoms with Gasteiger partial charge in [0.05, 0.1) is 4.92 Å². The summed E-state index contributed by atoms with van der Waals surface area (Å²) in [5, 5.41) is 19.7. The lowest BCUT2D eigenvalue weighted by Gasteiger charge is -2.07. The third kappa shape index (κ3) is 3.53. The van der Waals surface area contributed by atoms with Gasteiger partial charge in [-0.25, -0.2) is 9.18 Å². The molecule has 0 saturated heterocycles. The van der Waals surface area contributed by atoms with Crippen LogP contribution >= 0.6 is 0 Å². The molecule has 0 radical (unpaired) electrons. The van der Waals surface area contributed by atoms with E-state index in [4.69, 9.17) is 9.84 Å². The van der Waals surface area contributed by atoms with E-state index in [1.54, 1.807) is 0 Å². The van der Waals surface area contributed by atoms with Gasteiger partial charge in [-0.15, -0.1) is 0 Å². The van der Waals surface area contributed by atoms with Crippen molar-refractivity contribution >= 4 is 11.7 Å². The number of carbonyl (C=O) groups is 1. The molecule has 0 unspecified atom stereocenters. The van der Waals surface area contributed by atoms with E-state index in [9.17, 15) is 19.3 Å². The van der Waals surface area contributed by atoms with E-state index in [0.717, 1.165) is 12.1 Å². The Bertz CT molecular complexity index is 684. The lowest BCUT2D eigenvalue weighted by Crippen LogP contribution is -2.04. The maximum absolute atomic E-state index is 12.7. The fraction of sp³-hybridized carbons (Fsp3) is 0.0714. The quantitative estimate of drug-likeness (QED) is 0.675. The number of hydrogen-bond acceptors (Lipinski definition) is 4. The summed E-state index contributed by atoms with van der Waals surface area (Å²) >= 11 is 0. The van der Waals surface area contributed by atoms with Gasteiger partial charge >= 0.3 is 5.97 Å². The van der Waals surface area contributed by atoms with Crippen molar-refractivity contribution in [1.82, 2.24) is 0 Å². The lowest BCUT2D eigenvalue weighted by atomic mass is 10.1. The van der Waals surface area contributed by atoms with Gasteiger partial charge < -0.3 is 9.84 Å². The molecule has 2 aromatic rings. The minimum Gasteiger partial charge on any atom is -0.489 e. The number of ether oxygens (including phenoxy) is 1. The fourth-order valence-corrected chi connectivity index (χ4v) is 1.68. The van der Waals surface area contributed by atoms with Gasteiger partial charge in [0, 0.05) is 12.1 Å². The van der Waals surface area contributed by atoms with E-state index in [2.05, 4.69) is 0 Å². The average Bonchev–Trinajstić information content (AvgIpc) is 2.46. The van der Waals surface area contributed by atoms with Crippen molar-refractivity contribution in [2.75, 3.05) is 0 Å². The summed E-state index contributed by atoms with van der Waals surface area (Å²) in [6.07, 6.45) is 0. The predicted molar refractivity (Wildman–Crippen MR) is 70.8 cm³/mol. The van der Waals surface area contributed by atoms with Crippen molar-refractivity contribution < 1.29 is 24.0 Å². The van der Waals surface area contributed by atoms with Crippen LogP contribution in [0.3, 0.4) is 0 Å². The number of carboxylic acids is 1. The molecule has 6 nitrogen and oxygen atoms in total. The number of carboxylic acid groups (broad SMARTS) is 1. The number of aromatic carboxylic acids is 1. The van der Waals surface area contributed by atoms with Gasteiger partial charge in [0.2, 0.25) is 0 Å². The standard InChI is InChI=1S/C14H10FNO5/c15-10-3-1-9(2-4-10)8-21-11-5-6-13(16(19)20)12(7-11)14(17)18/h1-7H,8H2,(H,17,18). The highest BCUT2D eigenvalue weighted by atomic mass is 19.1. The molecular weight excluding hydrogens is 281 g/mol. The highest BCUT2D eigenvalue weighted by Gasteiger charge is 2.20. The van der Waals surface area contributed by atoms with Crippen LogP contribution in [-0.4, -0.2) is 16.0 Å². The highest BCUT2D eigenvalue weighted by Crippen LogP contribution is 2.24. The fourth-order valence-electron chi connectivity index (χ4n) is 1.68. The van der Waals surface area contributed by atoms with Crippen LogP contribution in [-0.2, 0) is 6.61 Å².